The first-order valence-electron chi connectivity index (χ1n) is 8.59. The van der Waals surface area contributed by atoms with Crippen LogP contribution in [0.5, 0.6) is 11.5 Å². The molecule has 2 aromatic heterocycles. The molecule has 0 aliphatic rings. The third kappa shape index (κ3) is 3.21. The number of nitrogens with zero attached hydrogens (tertiary/aromatic N) is 2. The van der Waals surface area contributed by atoms with Gasteiger partial charge in [-0.15, -0.1) is 0 Å². The second-order valence-electron chi connectivity index (χ2n) is 6.23. The molecule has 0 aliphatic carbocycles. The molecule has 28 heavy (non-hydrogen) atoms. The zero-order valence-electron chi connectivity index (χ0n) is 15.3. The van der Waals surface area contributed by atoms with Crippen molar-refractivity contribution in [3.8, 4) is 33.9 Å². The molecule has 6 heteroatoms. The molecule has 140 valence electrons. The predicted molar refractivity (Wildman–Crippen MR) is 110 cm³/mol. The lowest BCUT2D eigenvalue weighted by atomic mass is 10.1. The fourth-order valence-corrected chi connectivity index (χ4v) is 3.35. The number of imidazole rings is 1. The van der Waals surface area contributed by atoms with E-state index < -0.39 is 0 Å². The van der Waals surface area contributed by atoms with Crippen molar-refractivity contribution in [3.63, 3.8) is 0 Å². The Kier molecular flexibility index (Phi) is 4.75. The van der Waals surface area contributed by atoms with Gasteiger partial charge in [0.15, 0.2) is 0 Å². The second kappa shape index (κ2) is 7.37. The van der Waals surface area contributed by atoms with Gasteiger partial charge >= 0.3 is 0 Å². The van der Waals surface area contributed by atoms with Crippen LogP contribution in [0.2, 0.25) is 5.02 Å². The quantitative estimate of drug-likeness (QED) is 0.441. The maximum Gasteiger partial charge on any atom is 0.150 e. The van der Waals surface area contributed by atoms with Crippen molar-refractivity contribution in [2.45, 2.75) is 0 Å². The Morgan fingerprint density at radius 3 is 2.39 bits per heavy atom. The van der Waals surface area contributed by atoms with Crippen molar-refractivity contribution >= 4 is 23.5 Å². The van der Waals surface area contributed by atoms with Crippen LogP contribution in [-0.2, 0) is 0 Å². The van der Waals surface area contributed by atoms with Gasteiger partial charge in [0.25, 0.3) is 0 Å². The second-order valence-corrected chi connectivity index (χ2v) is 6.64. The molecule has 0 N–H and O–H groups in total. The Hall–Kier alpha value is -3.31. The van der Waals surface area contributed by atoms with Crippen LogP contribution in [-0.4, -0.2) is 29.9 Å². The minimum atomic E-state index is 0.492. The lowest BCUT2D eigenvalue weighted by molar-refractivity contribution is 0.112. The van der Waals surface area contributed by atoms with E-state index in [1.54, 1.807) is 38.5 Å². The summed E-state index contributed by atoms with van der Waals surface area (Å²) in [5.74, 6) is 1.18. The number of rotatable bonds is 5. The third-order valence-corrected chi connectivity index (χ3v) is 4.89. The average Bonchev–Trinajstić information content (AvgIpc) is 3.16. The summed E-state index contributed by atoms with van der Waals surface area (Å²) in [5.41, 5.74) is 5.01. The number of fused-ring (bicyclic) bond motifs is 1. The lowest BCUT2D eigenvalue weighted by Crippen LogP contribution is -1.91. The molecule has 0 fully saturated rings. The van der Waals surface area contributed by atoms with Gasteiger partial charge in [0.1, 0.15) is 23.4 Å². The molecule has 0 radical (unpaired) electrons. The van der Waals surface area contributed by atoms with Crippen molar-refractivity contribution < 1.29 is 14.3 Å². The summed E-state index contributed by atoms with van der Waals surface area (Å²) in [6.45, 7) is 0. The van der Waals surface area contributed by atoms with Crippen LogP contribution in [0, 0.1) is 0 Å². The van der Waals surface area contributed by atoms with E-state index in [9.17, 15) is 4.79 Å². The zero-order valence-corrected chi connectivity index (χ0v) is 16.1. The fourth-order valence-electron chi connectivity index (χ4n) is 3.11. The Bertz CT molecular complexity index is 1170. The number of ether oxygens (including phenoxy) is 2. The van der Waals surface area contributed by atoms with Gasteiger partial charge < -0.3 is 13.9 Å². The van der Waals surface area contributed by atoms with Gasteiger partial charge in [-0.1, -0.05) is 35.9 Å². The Labute approximate surface area is 167 Å². The van der Waals surface area contributed by atoms with Crippen LogP contribution in [0.4, 0.5) is 0 Å². The van der Waals surface area contributed by atoms with Gasteiger partial charge in [-0.25, -0.2) is 4.98 Å². The average molecular weight is 393 g/mol. The highest BCUT2D eigenvalue weighted by Crippen LogP contribution is 2.38. The lowest BCUT2D eigenvalue weighted by Gasteiger charge is -2.10. The number of aromatic nitrogens is 2. The highest BCUT2D eigenvalue weighted by atomic mass is 35.5. The van der Waals surface area contributed by atoms with E-state index in [2.05, 4.69) is 0 Å². The van der Waals surface area contributed by atoms with Gasteiger partial charge in [0, 0.05) is 29.6 Å². The molecule has 0 atom stereocenters. The number of benzene rings is 2. The maximum atomic E-state index is 10.8. The van der Waals surface area contributed by atoms with Crippen LogP contribution in [0.3, 0.4) is 0 Å². The highest BCUT2D eigenvalue weighted by molar-refractivity contribution is 6.32. The largest absolute Gasteiger partial charge is 0.496 e. The molecule has 0 saturated heterocycles. The van der Waals surface area contributed by atoms with Gasteiger partial charge in [-0.2, -0.15) is 0 Å². The molecular weight excluding hydrogens is 376 g/mol. The van der Waals surface area contributed by atoms with Gasteiger partial charge in [0.05, 0.1) is 24.9 Å². The standard InChI is InChI=1S/C22H17ClN2O3/c1-27-20-11-21(28-2)18(23)10-17(20)19-12-25-8-7-16(9-22(25)24-19)15-5-3-14(13-26)4-6-15/h3-13H,1-2H3. The number of carbonyl (C=O) groups excluding carboxylic acids is 1. The smallest absolute Gasteiger partial charge is 0.150 e. The van der Waals surface area contributed by atoms with Crippen molar-refractivity contribution in [1.29, 1.82) is 0 Å². The van der Waals surface area contributed by atoms with Crippen molar-refractivity contribution in [1.82, 2.24) is 9.38 Å². The van der Waals surface area contributed by atoms with Gasteiger partial charge in [-0.05, 0) is 29.3 Å². The number of aldehydes is 1. The Balaban J connectivity index is 1.78. The maximum absolute atomic E-state index is 10.8. The van der Waals surface area contributed by atoms with E-state index in [1.807, 2.05) is 41.1 Å². The summed E-state index contributed by atoms with van der Waals surface area (Å²) >= 11 is 6.30. The predicted octanol–water partition coefficient (Wildman–Crippen LogP) is 5.15. The fraction of sp³-hybridized carbons (Fsp3) is 0.0909. The highest BCUT2D eigenvalue weighted by Gasteiger charge is 2.15. The van der Waals surface area contributed by atoms with Crippen molar-refractivity contribution in [2.24, 2.45) is 0 Å². The number of hydrogen-bond acceptors (Lipinski definition) is 4. The zero-order chi connectivity index (χ0) is 19.7. The SMILES string of the molecule is COc1cc(OC)c(-c2cn3ccc(-c4ccc(C=O)cc4)cc3n2)cc1Cl. The summed E-state index contributed by atoms with van der Waals surface area (Å²) in [4.78, 5) is 15.6. The Morgan fingerprint density at radius 2 is 1.71 bits per heavy atom. The number of hydrogen-bond donors (Lipinski definition) is 0. The monoisotopic (exact) mass is 392 g/mol. The molecule has 0 unspecified atom stereocenters. The summed E-state index contributed by atoms with van der Waals surface area (Å²) in [7, 11) is 3.16. The summed E-state index contributed by atoms with van der Waals surface area (Å²) < 4.78 is 12.7. The number of methoxy groups -OCH3 is 2. The molecule has 0 aliphatic heterocycles. The van der Waals surface area contributed by atoms with E-state index in [4.69, 9.17) is 26.1 Å². The van der Waals surface area contributed by atoms with E-state index in [-0.39, 0.29) is 0 Å². The van der Waals surface area contributed by atoms with Crippen LogP contribution in [0.1, 0.15) is 10.4 Å². The number of halogens is 1. The van der Waals surface area contributed by atoms with Crippen LogP contribution >= 0.6 is 11.6 Å². The van der Waals surface area contributed by atoms with E-state index in [0.717, 1.165) is 34.3 Å². The van der Waals surface area contributed by atoms with Crippen molar-refractivity contribution in [3.05, 3.63) is 71.5 Å². The molecule has 0 saturated carbocycles. The first-order chi connectivity index (χ1) is 13.6. The van der Waals surface area contributed by atoms with Crippen LogP contribution in [0.15, 0.2) is 60.9 Å². The van der Waals surface area contributed by atoms with E-state index in [1.165, 1.54) is 0 Å². The molecule has 0 amide bonds. The summed E-state index contributed by atoms with van der Waals surface area (Å²) in [6.07, 6.45) is 4.71. The first kappa shape index (κ1) is 18.1. The molecule has 0 spiro atoms. The minimum Gasteiger partial charge on any atom is -0.496 e. The molecule has 2 heterocycles. The molecule has 4 rings (SSSR count). The van der Waals surface area contributed by atoms with Crippen molar-refractivity contribution in [2.75, 3.05) is 14.2 Å². The Morgan fingerprint density at radius 1 is 0.964 bits per heavy atom. The van der Waals surface area contributed by atoms with Crippen LogP contribution < -0.4 is 9.47 Å². The number of carbonyl (C=O) groups is 1. The van der Waals surface area contributed by atoms with Crippen LogP contribution in [0.25, 0.3) is 28.0 Å². The van der Waals surface area contributed by atoms with Gasteiger partial charge in [-0.3, -0.25) is 4.79 Å². The molecule has 5 nitrogen and oxygen atoms in total. The summed E-state index contributed by atoms with van der Waals surface area (Å²) in [6, 6.07) is 15.0. The molecule has 4 aromatic rings. The van der Waals surface area contributed by atoms with E-state index in [0.29, 0.717) is 22.1 Å². The first-order valence-corrected chi connectivity index (χ1v) is 8.97. The van der Waals surface area contributed by atoms with E-state index >= 15 is 0 Å². The topological polar surface area (TPSA) is 52.8 Å². The molecule has 2 aromatic carbocycles. The normalized spacial score (nSPS) is 10.8. The van der Waals surface area contributed by atoms with Gasteiger partial charge in [0.2, 0.25) is 0 Å². The summed E-state index contributed by atoms with van der Waals surface area (Å²) in [5, 5.41) is 0.492. The third-order valence-electron chi connectivity index (χ3n) is 4.59. The number of pyridine rings is 1. The molecular formula is C22H17ClN2O3. The molecule has 0 bridgehead atoms. The minimum absolute atomic E-state index is 0.492.